The van der Waals surface area contributed by atoms with Crippen LogP contribution in [-0.2, 0) is 0 Å². The molecule has 0 bridgehead atoms. The fraction of sp³-hybridized carbons (Fsp3) is 0.909. The van der Waals surface area contributed by atoms with Gasteiger partial charge in [-0.2, -0.15) is 0 Å². The van der Waals surface area contributed by atoms with Crippen molar-refractivity contribution in [3.63, 3.8) is 0 Å². The Morgan fingerprint density at radius 1 is 1.29 bits per heavy atom. The lowest BCUT2D eigenvalue weighted by atomic mass is 10.2. The standard InChI is InChI=1S/C11H20N2S/c1-2-13(10-5-3-4-6-10)11(14)12-9-7-8-9/h9-10H,2-8H2,1H3,(H,12,14). The summed E-state index contributed by atoms with van der Waals surface area (Å²) in [6.07, 6.45) is 8.05. The molecule has 80 valence electrons. The van der Waals surface area contributed by atoms with Crippen molar-refractivity contribution in [2.75, 3.05) is 6.54 Å². The van der Waals surface area contributed by atoms with Crippen molar-refractivity contribution in [2.24, 2.45) is 0 Å². The summed E-state index contributed by atoms with van der Waals surface area (Å²) >= 11 is 5.44. The number of rotatable bonds is 3. The minimum Gasteiger partial charge on any atom is -0.360 e. The minimum atomic E-state index is 0.693. The molecule has 0 aromatic rings. The summed E-state index contributed by atoms with van der Waals surface area (Å²) < 4.78 is 0. The summed E-state index contributed by atoms with van der Waals surface area (Å²) in [5, 5.41) is 4.44. The van der Waals surface area contributed by atoms with Crippen molar-refractivity contribution in [1.29, 1.82) is 0 Å². The Balaban J connectivity index is 1.85. The first-order chi connectivity index (χ1) is 6.81. The molecule has 0 aromatic carbocycles. The quantitative estimate of drug-likeness (QED) is 0.723. The second-order valence-electron chi connectivity index (χ2n) is 4.45. The average Bonchev–Trinajstić information content (AvgIpc) is 2.82. The summed E-state index contributed by atoms with van der Waals surface area (Å²) in [4.78, 5) is 2.39. The molecule has 2 saturated carbocycles. The smallest absolute Gasteiger partial charge is 0.169 e. The van der Waals surface area contributed by atoms with Crippen LogP contribution in [-0.4, -0.2) is 28.6 Å². The van der Waals surface area contributed by atoms with Crippen molar-refractivity contribution in [3.05, 3.63) is 0 Å². The van der Waals surface area contributed by atoms with Crippen molar-refractivity contribution < 1.29 is 0 Å². The molecule has 0 aromatic heterocycles. The van der Waals surface area contributed by atoms with Gasteiger partial charge < -0.3 is 10.2 Å². The van der Waals surface area contributed by atoms with Crippen LogP contribution in [0.3, 0.4) is 0 Å². The van der Waals surface area contributed by atoms with Gasteiger partial charge in [-0.05, 0) is 44.8 Å². The maximum Gasteiger partial charge on any atom is 0.169 e. The third kappa shape index (κ3) is 2.38. The van der Waals surface area contributed by atoms with E-state index in [1.807, 2.05) is 0 Å². The Morgan fingerprint density at radius 2 is 1.93 bits per heavy atom. The van der Waals surface area contributed by atoms with Crippen molar-refractivity contribution in [3.8, 4) is 0 Å². The molecule has 0 unspecified atom stereocenters. The highest BCUT2D eigenvalue weighted by molar-refractivity contribution is 7.80. The molecule has 3 heteroatoms. The summed E-state index contributed by atoms with van der Waals surface area (Å²) in [7, 11) is 0. The molecule has 0 saturated heterocycles. The Labute approximate surface area is 92.0 Å². The maximum absolute atomic E-state index is 5.44. The van der Waals surface area contributed by atoms with Gasteiger partial charge in [0.05, 0.1) is 0 Å². The summed E-state index contributed by atoms with van der Waals surface area (Å²) in [5.74, 6) is 0. The molecule has 2 fully saturated rings. The zero-order valence-corrected chi connectivity index (χ0v) is 9.78. The van der Waals surface area contributed by atoms with E-state index in [0.717, 1.165) is 17.7 Å². The third-order valence-corrected chi connectivity index (χ3v) is 3.62. The molecule has 2 rings (SSSR count). The van der Waals surface area contributed by atoms with Gasteiger partial charge in [-0.3, -0.25) is 0 Å². The van der Waals surface area contributed by atoms with Gasteiger partial charge in [0.25, 0.3) is 0 Å². The van der Waals surface area contributed by atoms with Crippen molar-refractivity contribution in [1.82, 2.24) is 10.2 Å². The van der Waals surface area contributed by atoms with Gasteiger partial charge in [0.1, 0.15) is 0 Å². The molecule has 0 radical (unpaired) electrons. The first-order valence-electron chi connectivity index (χ1n) is 5.88. The fourth-order valence-electron chi connectivity index (χ4n) is 2.27. The molecule has 0 spiro atoms. The lowest BCUT2D eigenvalue weighted by Gasteiger charge is -2.30. The number of hydrogen-bond acceptors (Lipinski definition) is 1. The van der Waals surface area contributed by atoms with E-state index < -0.39 is 0 Å². The highest BCUT2D eigenvalue weighted by Crippen LogP contribution is 2.25. The molecule has 2 aliphatic rings. The van der Waals surface area contributed by atoms with Crippen molar-refractivity contribution >= 4 is 17.3 Å². The average molecular weight is 212 g/mol. The highest BCUT2D eigenvalue weighted by Gasteiger charge is 2.27. The summed E-state index contributed by atoms with van der Waals surface area (Å²) in [5.41, 5.74) is 0. The number of thiocarbonyl (C=S) groups is 1. The Morgan fingerprint density at radius 3 is 2.43 bits per heavy atom. The third-order valence-electron chi connectivity index (χ3n) is 3.27. The molecule has 2 aliphatic carbocycles. The van der Waals surface area contributed by atoms with Crippen LogP contribution in [0, 0.1) is 0 Å². The van der Waals surface area contributed by atoms with Gasteiger partial charge in [0.2, 0.25) is 0 Å². The zero-order chi connectivity index (χ0) is 9.97. The predicted molar refractivity (Wildman–Crippen MR) is 63.4 cm³/mol. The molecular formula is C11H20N2S. The van der Waals surface area contributed by atoms with Gasteiger partial charge in [0.15, 0.2) is 5.11 Å². The molecular weight excluding hydrogens is 192 g/mol. The number of nitrogens with one attached hydrogen (secondary N) is 1. The SMILES string of the molecule is CCN(C(=S)NC1CC1)C1CCCC1. The van der Waals surface area contributed by atoms with E-state index in [-0.39, 0.29) is 0 Å². The zero-order valence-electron chi connectivity index (χ0n) is 8.96. The monoisotopic (exact) mass is 212 g/mol. The van der Waals surface area contributed by atoms with E-state index in [2.05, 4.69) is 17.1 Å². The van der Waals surface area contributed by atoms with Gasteiger partial charge in [-0.15, -0.1) is 0 Å². The normalized spacial score (nSPS) is 22.4. The van der Waals surface area contributed by atoms with E-state index in [0.29, 0.717) is 6.04 Å². The second-order valence-corrected chi connectivity index (χ2v) is 4.83. The van der Waals surface area contributed by atoms with E-state index in [1.54, 1.807) is 0 Å². The highest BCUT2D eigenvalue weighted by atomic mass is 32.1. The lowest BCUT2D eigenvalue weighted by molar-refractivity contribution is 0.324. The first kappa shape index (κ1) is 10.2. The Kier molecular flexibility index (Phi) is 3.26. The molecule has 0 atom stereocenters. The minimum absolute atomic E-state index is 0.693. The van der Waals surface area contributed by atoms with Crippen LogP contribution in [0.1, 0.15) is 45.4 Å². The largest absolute Gasteiger partial charge is 0.360 e. The molecule has 0 heterocycles. The topological polar surface area (TPSA) is 15.3 Å². The number of hydrogen-bond donors (Lipinski definition) is 1. The van der Waals surface area contributed by atoms with E-state index in [4.69, 9.17) is 12.2 Å². The molecule has 0 aliphatic heterocycles. The van der Waals surface area contributed by atoms with E-state index >= 15 is 0 Å². The van der Waals surface area contributed by atoms with Crippen LogP contribution >= 0.6 is 12.2 Å². The van der Waals surface area contributed by atoms with E-state index in [9.17, 15) is 0 Å². The maximum atomic E-state index is 5.44. The van der Waals surface area contributed by atoms with E-state index in [1.165, 1.54) is 38.5 Å². The van der Waals surface area contributed by atoms with Gasteiger partial charge in [-0.1, -0.05) is 12.8 Å². The van der Waals surface area contributed by atoms with Crippen LogP contribution in [0.2, 0.25) is 0 Å². The molecule has 1 N–H and O–H groups in total. The predicted octanol–water partition coefficient (Wildman–Crippen LogP) is 2.29. The Bertz CT molecular complexity index is 207. The first-order valence-corrected chi connectivity index (χ1v) is 6.29. The summed E-state index contributed by atoms with van der Waals surface area (Å²) in [6.45, 7) is 3.27. The lowest BCUT2D eigenvalue weighted by Crippen LogP contribution is -2.45. The summed E-state index contributed by atoms with van der Waals surface area (Å²) in [6, 6.07) is 1.41. The van der Waals surface area contributed by atoms with Crippen LogP contribution in [0.25, 0.3) is 0 Å². The van der Waals surface area contributed by atoms with Crippen molar-refractivity contribution in [2.45, 2.75) is 57.5 Å². The number of nitrogens with zero attached hydrogens (tertiary/aromatic N) is 1. The van der Waals surface area contributed by atoms with Crippen LogP contribution in [0.4, 0.5) is 0 Å². The molecule has 0 amide bonds. The van der Waals surface area contributed by atoms with Crippen LogP contribution in [0.5, 0.6) is 0 Å². The van der Waals surface area contributed by atoms with Gasteiger partial charge in [-0.25, -0.2) is 0 Å². The van der Waals surface area contributed by atoms with Gasteiger partial charge in [0, 0.05) is 18.6 Å². The van der Waals surface area contributed by atoms with Gasteiger partial charge >= 0.3 is 0 Å². The molecule has 14 heavy (non-hydrogen) atoms. The van der Waals surface area contributed by atoms with Crippen LogP contribution in [0.15, 0.2) is 0 Å². The second kappa shape index (κ2) is 4.47. The van der Waals surface area contributed by atoms with Crippen LogP contribution < -0.4 is 5.32 Å². The fourth-order valence-corrected chi connectivity index (χ4v) is 2.71. The molecule has 2 nitrogen and oxygen atoms in total. The Hall–Kier alpha value is -0.310.